The molecule has 0 amide bonds. The van der Waals surface area contributed by atoms with Crippen LogP contribution in [0.5, 0.6) is 0 Å². The Morgan fingerprint density at radius 2 is 2.15 bits per heavy atom. The fourth-order valence-corrected chi connectivity index (χ4v) is 2.66. The molecular weight excluding hydrogens is 343 g/mol. The zero-order chi connectivity index (χ0) is 14.5. The maximum absolute atomic E-state index is 13.2. The van der Waals surface area contributed by atoms with E-state index >= 15 is 0 Å². The van der Waals surface area contributed by atoms with Gasteiger partial charge in [0.05, 0.1) is 5.02 Å². The van der Waals surface area contributed by atoms with Gasteiger partial charge >= 0.3 is 0 Å². The number of hydrogen-bond acceptors (Lipinski definition) is 2. The molecule has 0 aliphatic rings. The normalized spacial score (nSPS) is 12.4. The third-order valence-corrected chi connectivity index (χ3v) is 3.73. The molecule has 1 unspecified atom stereocenters. The van der Waals surface area contributed by atoms with Gasteiger partial charge in [-0.25, -0.2) is 4.39 Å². The molecule has 2 rings (SSSR count). The summed E-state index contributed by atoms with van der Waals surface area (Å²) >= 11 is 9.26. The SMILES string of the molecule is CCNC(Cc1ccc(F)c(Cl)c1)c1cncc(Br)c1. The largest absolute Gasteiger partial charge is 0.310 e. The molecule has 2 aromatic rings. The van der Waals surface area contributed by atoms with Crippen LogP contribution in [0.2, 0.25) is 5.02 Å². The highest BCUT2D eigenvalue weighted by Gasteiger charge is 2.13. The van der Waals surface area contributed by atoms with Crippen LogP contribution in [0.3, 0.4) is 0 Å². The highest BCUT2D eigenvalue weighted by molar-refractivity contribution is 9.10. The first-order valence-electron chi connectivity index (χ1n) is 6.38. The third-order valence-electron chi connectivity index (χ3n) is 3.00. The molecule has 5 heteroatoms. The molecule has 1 N–H and O–H groups in total. The second-order valence-electron chi connectivity index (χ2n) is 4.50. The van der Waals surface area contributed by atoms with E-state index < -0.39 is 0 Å². The summed E-state index contributed by atoms with van der Waals surface area (Å²) in [6.45, 7) is 2.89. The number of rotatable bonds is 5. The van der Waals surface area contributed by atoms with Gasteiger partial charge in [0.15, 0.2) is 0 Å². The molecule has 0 spiro atoms. The Labute approximate surface area is 131 Å². The predicted molar refractivity (Wildman–Crippen MR) is 83.5 cm³/mol. The van der Waals surface area contributed by atoms with E-state index in [-0.39, 0.29) is 16.9 Å². The first kappa shape index (κ1) is 15.4. The van der Waals surface area contributed by atoms with Crippen molar-refractivity contribution in [3.05, 3.63) is 63.1 Å². The molecule has 0 aliphatic carbocycles. The van der Waals surface area contributed by atoms with E-state index in [2.05, 4.69) is 33.2 Å². The first-order chi connectivity index (χ1) is 9.60. The van der Waals surface area contributed by atoms with Crippen molar-refractivity contribution < 1.29 is 4.39 Å². The molecule has 20 heavy (non-hydrogen) atoms. The second kappa shape index (κ2) is 7.16. The van der Waals surface area contributed by atoms with Crippen molar-refractivity contribution in [1.29, 1.82) is 0 Å². The van der Waals surface area contributed by atoms with Crippen molar-refractivity contribution in [1.82, 2.24) is 10.3 Å². The number of benzene rings is 1. The lowest BCUT2D eigenvalue weighted by molar-refractivity contribution is 0.547. The number of hydrogen-bond donors (Lipinski definition) is 1. The Kier molecular flexibility index (Phi) is 5.52. The van der Waals surface area contributed by atoms with E-state index in [1.54, 1.807) is 18.3 Å². The van der Waals surface area contributed by atoms with E-state index in [1.807, 2.05) is 12.3 Å². The first-order valence-corrected chi connectivity index (χ1v) is 7.55. The lowest BCUT2D eigenvalue weighted by atomic mass is 10.00. The van der Waals surface area contributed by atoms with Crippen molar-refractivity contribution >= 4 is 27.5 Å². The summed E-state index contributed by atoms with van der Waals surface area (Å²) in [6.07, 6.45) is 4.32. The molecule has 1 aromatic carbocycles. The monoisotopic (exact) mass is 356 g/mol. The van der Waals surface area contributed by atoms with E-state index in [9.17, 15) is 4.39 Å². The zero-order valence-electron chi connectivity index (χ0n) is 11.0. The van der Waals surface area contributed by atoms with Gasteiger partial charge in [0, 0.05) is 22.9 Å². The maximum Gasteiger partial charge on any atom is 0.141 e. The topological polar surface area (TPSA) is 24.9 Å². The Morgan fingerprint density at radius 3 is 2.80 bits per heavy atom. The predicted octanol–water partition coefficient (Wildman–Crippen LogP) is 4.53. The van der Waals surface area contributed by atoms with Gasteiger partial charge in [-0.3, -0.25) is 4.98 Å². The number of likely N-dealkylation sites (N-methyl/N-ethyl adjacent to an activating group) is 1. The summed E-state index contributed by atoms with van der Waals surface area (Å²) in [5, 5.41) is 3.57. The Bertz CT molecular complexity index is 592. The fraction of sp³-hybridized carbons (Fsp3) is 0.267. The van der Waals surface area contributed by atoms with Gasteiger partial charge in [-0.05, 0) is 58.2 Å². The number of aromatic nitrogens is 1. The number of halogens is 3. The van der Waals surface area contributed by atoms with Crippen molar-refractivity contribution in [2.24, 2.45) is 0 Å². The minimum absolute atomic E-state index is 0.117. The lowest BCUT2D eigenvalue weighted by Gasteiger charge is -2.18. The Balaban J connectivity index is 2.22. The maximum atomic E-state index is 13.2. The smallest absolute Gasteiger partial charge is 0.141 e. The molecule has 0 radical (unpaired) electrons. The molecule has 0 bridgehead atoms. The lowest BCUT2D eigenvalue weighted by Crippen LogP contribution is -2.23. The molecule has 0 aliphatic heterocycles. The minimum Gasteiger partial charge on any atom is -0.310 e. The quantitative estimate of drug-likeness (QED) is 0.850. The van der Waals surface area contributed by atoms with E-state index in [1.165, 1.54) is 6.07 Å². The van der Waals surface area contributed by atoms with Crippen LogP contribution in [0.15, 0.2) is 41.1 Å². The fourth-order valence-electron chi connectivity index (χ4n) is 2.08. The molecule has 2 nitrogen and oxygen atoms in total. The van der Waals surface area contributed by atoms with Gasteiger partial charge in [0.2, 0.25) is 0 Å². The summed E-state index contributed by atoms with van der Waals surface area (Å²) in [5.41, 5.74) is 2.07. The highest BCUT2D eigenvalue weighted by atomic mass is 79.9. The minimum atomic E-state index is -0.389. The number of nitrogens with one attached hydrogen (secondary N) is 1. The summed E-state index contributed by atoms with van der Waals surface area (Å²) in [7, 11) is 0. The summed E-state index contributed by atoms with van der Waals surface area (Å²) < 4.78 is 14.1. The molecule has 106 valence electrons. The van der Waals surface area contributed by atoms with Gasteiger partial charge in [-0.15, -0.1) is 0 Å². The second-order valence-corrected chi connectivity index (χ2v) is 5.82. The standard InChI is InChI=1S/C15H15BrClFN2/c1-2-20-15(11-7-12(16)9-19-8-11)6-10-3-4-14(18)13(17)5-10/h3-5,7-9,15,20H,2,6H2,1H3. The molecular formula is C15H15BrClFN2. The molecule has 1 atom stereocenters. The zero-order valence-corrected chi connectivity index (χ0v) is 13.4. The highest BCUT2D eigenvalue weighted by Crippen LogP contribution is 2.23. The summed E-state index contributed by atoms with van der Waals surface area (Å²) in [6, 6.07) is 6.99. The number of nitrogens with zero attached hydrogens (tertiary/aromatic N) is 1. The van der Waals surface area contributed by atoms with Crippen LogP contribution < -0.4 is 5.32 Å². The van der Waals surface area contributed by atoms with E-state index in [4.69, 9.17) is 11.6 Å². The molecule has 1 aromatic heterocycles. The van der Waals surface area contributed by atoms with Crippen LogP contribution in [0.4, 0.5) is 4.39 Å². The van der Waals surface area contributed by atoms with Gasteiger partial charge in [0.25, 0.3) is 0 Å². The van der Waals surface area contributed by atoms with E-state index in [0.29, 0.717) is 0 Å². The van der Waals surface area contributed by atoms with Crippen molar-refractivity contribution in [3.63, 3.8) is 0 Å². The van der Waals surface area contributed by atoms with Crippen LogP contribution in [-0.2, 0) is 6.42 Å². The summed E-state index contributed by atoms with van der Waals surface area (Å²) in [5.74, 6) is -0.389. The van der Waals surface area contributed by atoms with Crippen LogP contribution in [0, 0.1) is 5.82 Å². The Hall–Kier alpha value is -0.970. The number of pyridine rings is 1. The van der Waals surface area contributed by atoms with Gasteiger partial charge < -0.3 is 5.32 Å². The van der Waals surface area contributed by atoms with Crippen molar-refractivity contribution in [2.45, 2.75) is 19.4 Å². The van der Waals surface area contributed by atoms with Gasteiger partial charge in [0.1, 0.15) is 5.82 Å². The van der Waals surface area contributed by atoms with Crippen LogP contribution >= 0.6 is 27.5 Å². The molecule has 0 saturated heterocycles. The third kappa shape index (κ3) is 4.01. The summed E-state index contributed by atoms with van der Waals surface area (Å²) in [4.78, 5) is 4.19. The van der Waals surface area contributed by atoms with E-state index in [0.717, 1.165) is 28.6 Å². The van der Waals surface area contributed by atoms with Gasteiger partial charge in [-0.1, -0.05) is 24.6 Å². The van der Waals surface area contributed by atoms with Crippen LogP contribution in [-0.4, -0.2) is 11.5 Å². The molecule has 1 heterocycles. The van der Waals surface area contributed by atoms with Crippen molar-refractivity contribution in [2.75, 3.05) is 6.54 Å². The van der Waals surface area contributed by atoms with Crippen LogP contribution in [0.1, 0.15) is 24.1 Å². The average Bonchev–Trinajstić information content (AvgIpc) is 2.42. The average molecular weight is 358 g/mol. The van der Waals surface area contributed by atoms with Crippen molar-refractivity contribution in [3.8, 4) is 0 Å². The molecule has 0 saturated carbocycles. The van der Waals surface area contributed by atoms with Gasteiger partial charge in [-0.2, -0.15) is 0 Å². The Morgan fingerprint density at radius 1 is 1.35 bits per heavy atom. The molecule has 0 fully saturated rings. The van der Waals surface area contributed by atoms with Crippen LogP contribution in [0.25, 0.3) is 0 Å².